The van der Waals surface area contributed by atoms with Crippen molar-refractivity contribution in [3.63, 3.8) is 0 Å². The quantitative estimate of drug-likeness (QED) is 0.876. The van der Waals surface area contributed by atoms with Crippen LogP contribution in [-0.2, 0) is 4.79 Å². The second-order valence-electron chi connectivity index (χ2n) is 5.14. The largest absolute Gasteiger partial charge is 0.368 e. The van der Waals surface area contributed by atoms with Crippen LogP contribution < -0.4 is 10.6 Å². The van der Waals surface area contributed by atoms with Gasteiger partial charge in [0.1, 0.15) is 11.9 Å². The van der Waals surface area contributed by atoms with Gasteiger partial charge in [-0.3, -0.25) is 4.79 Å². The molecule has 1 amide bonds. The molecule has 0 fully saturated rings. The molecule has 0 aromatic heterocycles. The number of benzene rings is 2. The summed E-state index contributed by atoms with van der Waals surface area (Å²) in [6.07, 6.45) is 0. The third-order valence-electron chi connectivity index (χ3n) is 3.46. The number of hydrogen-bond donors (Lipinski definition) is 2. The number of anilines is 2. The van der Waals surface area contributed by atoms with Gasteiger partial charge in [-0.05, 0) is 37.6 Å². The topological polar surface area (TPSA) is 41.1 Å². The van der Waals surface area contributed by atoms with E-state index in [1.165, 1.54) is 6.07 Å². The first kappa shape index (κ1) is 12.7. The van der Waals surface area contributed by atoms with Crippen molar-refractivity contribution in [3.8, 4) is 0 Å². The van der Waals surface area contributed by atoms with E-state index in [-0.39, 0.29) is 11.7 Å². The third kappa shape index (κ3) is 2.13. The highest BCUT2D eigenvalue weighted by atomic mass is 19.1. The third-order valence-corrected chi connectivity index (χ3v) is 3.46. The van der Waals surface area contributed by atoms with E-state index in [4.69, 9.17) is 0 Å². The summed E-state index contributed by atoms with van der Waals surface area (Å²) in [6.45, 7) is 3.85. The Morgan fingerprint density at radius 1 is 1.10 bits per heavy atom. The second kappa shape index (κ2) is 4.63. The maximum atomic E-state index is 13.8. The molecule has 0 spiro atoms. The molecule has 1 unspecified atom stereocenters. The van der Waals surface area contributed by atoms with Crippen LogP contribution in [0, 0.1) is 19.7 Å². The molecular weight excluding hydrogens is 255 g/mol. The Bertz CT molecular complexity index is 697. The minimum absolute atomic E-state index is 0.161. The molecule has 1 aliphatic heterocycles. The van der Waals surface area contributed by atoms with E-state index in [1.54, 1.807) is 12.1 Å². The van der Waals surface area contributed by atoms with Gasteiger partial charge in [-0.25, -0.2) is 4.39 Å². The van der Waals surface area contributed by atoms with Crippen molar-refractivity contribution < 1.29 is 9.18 Å². The Morgan fingerprint density at radius 2 is 1.80 bits per heavy atom. The Labute approximate surface area is 116 Å². The van der Waals surface area contributed by atoms with Gasteiger partial charge in [0.25, 0.3) is 5.91 Å². The van der Waals surface area contributed by atoms with Crippen molar-refractivity contribution >= 4 is 17.3 Å². The number of hydrogen-bond acceptors (Lipinski definition) is 2. The van der Waals surface area contributed by atoms with Crippen molar-refractivity contribution in [2.75, 3.05) is 10.6 Å². The van der Waals surface area contributed by atoms with Crippen molar-refractivity contribution in [1.82, 2.24) is 0 Å². The van der Waals surface area contributed by atoms with Crippen LogP contribution >= 0.6 is 0 Å². The van der Waals surface area contributed by atoms with Gasteiger partial charge in [-0.1, -0.05) is 23.8 Å². The summed E-state index contributed by atoms with van der Waals surface area (Å²) >= 11 is 0. The van der Waals surface area contributed by atoms with Crippen molar-refractivity contribution in [3.05, 3.63) is 58.9 Å². The highest BCUT2D eigenvalue weighted by molar-refractivity contribution is 6.04. The molecule has 3 nitrogen and oxygen atoms in total. The Kier molecular flexibility index (Phi) is 2.93. The maximum absolute atomic E-state index is 13.8. The van der Waals surface area contributed by atoms with Crippen LogP contribution in [0.15, 0.2) is 36.4 Å². The molecule has 3 rings (SSSR count). The van der Waals surface area contributed by atoms with Crippen LogP contribution in [0.2, 0.25) is 0 Å². The van der Waals surface area contributed by atoms with Crippen LogP contribution in [0.4, 0.5) is 15.8 Å². The molecule has 0 bridgehead atoms. The van der Waals surface area contributed by atoms with Gasteiger partial charge in [0.2, 0.25) is 0 Å². The van der Waals surface area contributed by atoms with Gasteiger partial charge < -0.3 is 10.6 Å². The zero-order valence-electron chi connectivity index (χ0n) is 11.3. The summed E-state index contributed by atoms with van der Waals surface area (Å²) in [5.74, 6) is -0.518. The van der Waals surface area contributed by atoms with Gasteiger partial charge in [-0.2, -0.15) is 0 Å². The minimum atomic E-state index is -0.554. The molecule has 1 heterocycles. The number of aryl methyl sites for hydroxylation is 2. The SMILES string of the molecule is Cc1ccc(F)c(NC2C(=O)Nc3ccc(C)cc32)c1. The van der Waals surface area contributed by atoms with E-state index in [0.29, 0.717) is 5.69 Å². The minimum Gasteiger partial charge on any atom is -0.368 e. The van der Waals surface area contributed by atoms with Crippen LogP contribution in [0.5, 0.6) is 0 Å². The van der Waals surface area contributed by atoms with Gasteiger partial charge in [0.15, 0.2) is 0 Å². The number of rotatable bonds is 2. The standard InChI is InChI=1S/C16H15FN2O/c1-9-4-6-13-11(7-9)15(16(20)19-13)18-14-8-10(2)3-5-12(14)17/h3-8,15,18H,1-2H3,(H,19,20). The van der Waals surface area contributed by atoms with E-state index in [2.05, 4.69) is 10.6 Å². The lowest BCUT2D eigenvalue weighted by Crippen LogP contribution is -2.20. The Balaban J connectivity index is 1.97. The number of halogens is 1. The fourth-order valence-electron chi connectivity index (χ4n) is 2.43. The highest BCUT2D eigenvalue weighted by Gasteiger charge is 2.30. The monoisotopic (exact) mass is 270 g/mol. The molecular formula is C16H15FN2O. The first-order valence-corrected chi connectivity index (χ1v) is 6.49. The molecule has 102 valence electrons. The number of fused-ring (bicyclic) bond motifs is 1. The summed E-state index contributed by atoms with van der Waals surface area (Å²) in [4.78, 5) is 12.0. The molecule has 2 N–H and O–H groups in total. The van der Waals surface area contributed by atoms with Crippen molar-refractivity contribution in [1.29, 1.82) is 0 Å². The summed E-state index contributed by atoms with van der Waals surface area (Å²) < 4.78 is 13.8. The summed E-state index contributed by atoms with van der Waals surface area (Å²) in [6, 6.07) is 10.0. The molecule has 20 heavy (non-hydrogen) atoms. The smallest absolute Gasteiger partial charge is 0.251 e. The Morgan fingerprint density at radius 3 is 2.60 bits per heavy atom. The van der Waals surface area contributed by atoms with Gasteiger partial charge in [0.05, 0.1) is 5.69 Å². The summed E-state index contributed by atoms with van der Waals surface area (Å²) in [5, 5.41) is 5.80. The molecule has 2 aromatic carbocycles. The first-order chi connectivity index (χ1) is 9.54. The molecule has 1 aliphatic rings. The zero-order chi connectivity index (χ0) is 14.3. The molecule has 0 saturated heterocycles. The molecule has 2 aromatic rings. The molecule has 0 radical (unpaired) electrons. The predicted molar refractivity (Wildman–Crippen MR) is 77.3 cm³/mol. The highest BCUT2D eigenvalue weighted by Crippen LogP contribution is 2.34. The van der Waals surface area contributed by atoms with E-state index < -0.39 is 6.04 Å². The van der Waals surface area contributed by atoms with Crippen LogP contribution in [0.25, 0.3) is 0 Å². The molecule has 0 saturated carbocycles. The molecule has 1 atom stereocenters. The summed E-state index contributed by atoms with van der Waals surface area (Å²) in [7, 11) is 0. The zero-order valence-corrected chi connectivity index (χ0v) is 11.3. The fraction of sp³-hybridized carbons (Fsp3) is 0.188. The van der Waals surface area contributed by atoms with Crippen molar-refractivity contribution in [2.45, 2.75) is 19.9 Å². The molecule has 4 heteroatoms. The van der Waals surface area contributed by atoms with Gasteiger partial charge in [0, 0.05) is 11.3 Å². The van der Waals surface area contributed by atoms with E-state index in [1.807, 2.05) is 32.0 Å². The lowest BCUT2D eigenvalue weighted by molar-refractivity contribution is -0.116. The maximum Gasteiger partial charge on any atom is 0.251 e. The van der Waals surface area contributed by atoms with E-state index in [0.717, 1.165) is 22.4 Å². The van der Waals surface area contributed by atoms with Crippen molar-refractivity contribution in [2.24, 2.45) is 0 Å². The average molecular weight is 270 g/mol. The van der Waals surface area contributed by atoms with E-state index in [9.17, 15) is 9.18 Å². The number of carbonyl (C=O) groups excluding carboxylic acids is 1. The summed E-state index contributed by atoms with van der Waals surface area (Å²) in [5.41, 5.74) is 4.00. The normalized spacial score (nSPS) is 16.8. The molecule has 0 aliphatic carbocycles. The van der Waals surface area contributed by atoms with Crippen LogP contribution in [0.1, 0.15) is 22.7 Å². The average Bonchev–Trinajstić information content (AvgIpc) is 2.70. The number of nitrogens with one attached hydrogen (secondary N) is 2. The second-order valence-corrected chi connectivity index (χ2v) is 5.14. The van der Waals surface area contributed by atoms with Gasteiger partial charge >= 0.3 is 0 Å². The Hall–Kier alpha value is -2.36. The van der Waals surface area contributed by atoms with Crippen LogP contribution in [0.3, 0.4) is 0 Å². The first-order valence-electron chi connectivity index (χ1n) is 6.49. The number of amides is 1. The lowest BCUT2D eigenvalue weighted by Gasteiger charge is -2.14. The fourth-order valence-corrected chi connectivity index (χ4v) is 2.43. The lowest BCUT2D eigenvalue weighted by atomic mass is 10.0. The predicted octanol–water partition coefficient (Wildman–Crippen LogP) is 3.55. The van der Waals surface area contributed by atoms with Crippen LogP contribution in [-0.4, -0.2) is 5.91 Å². The number of carbonyl (C=O) groups is 1. The van der Waals surface area contributed by atoms with Gasteiger partial charge in [-0.15, -0.1) is 0 Å². The van der Waals surface area contributed by atoms with E-state index >= 15 is 0 Å².